The molecule has 0 bridgehead atoms. The molecule has 0 aliphatic carbocycles. The zero-order chi connectivity index (χ0) is 11.6. The molecular weight excluding hydrogens is 254 g/mol. The van der Waals surface area contributed by atoms with Crippen LogP contribution in [0.15, 0.2) is 10.5 Å². The zero-order valence-electron chi connectivity index (χ0n) is 9.47. The van der Waals surface area contributed by atoms with Crippen molar-refractivity contribution in [2.75, 3.05) is 0 Å². The molecule has 0 aliphatic heterocycles. The van der Waals surface area contributed by atoms with Crippen LogP contribution in [0.25, 0.3) is 0 Å². The maximum absolute atomic E-state index is 9.89. The van der Waals surface area contributed by atoms with Crippen LogP contribution in [0, 0.1) is 13.8 Å². The van der Waals surface area contributed by atoms with Crippen molar-refractivity contribution in [2.45, 2.75) is 39.7 Å². The predicted molar refractivity (Wildman–Crippen MR) is 67.1 cm³/mol. The molecule has 0 heterocycles. The Morgan fingerprint density at radius 3 is 2.60 bits per heavy atom. The van der Waals surface area contributed by atoms with Crippen molar-refractivity contribution in [2.24, 2.45) is 5.73 Å². The van der Waals surface area contributed by atoms with Crippen LogP contribution in [-0.2, 0) is 0 Å². The Morgan fingerprint density at radius 1 is 1.47 bits per heavy atom. The normalized spacial score (nSPS) is 12.9. The van der Waals surface area contributed by atoms with E-state index < -0.39 is 0 Å². The molecule has 1 aromatic rings. The molecule has 0 aromatic heterocycles. The summed E-state index contributed by atoms with van der Waals surface area (Å²) in [5.74, 6) is 0.314. The van der Waals surface area contributed by atoms with E-state index in [-0.39, 0.29) is 6.04 Å². The quantitative estimate of drug-likeness (QED) is 0.883. The Labute approximate surface area is 99.6 Å². The monoisotopic (exact) mass is 271 g/mol. The largest absolute Gasteiger partial charge is 0.508 e. The van der Waals surface area contributed by atoms with Gasteiger partial charge >= 0.3 is 0 Å². The number of hydrogen-bond acceptors (Lipinski definition) is 2. The van der Waals surface area contributed by atoms with Gasteiger partial charge in [-0.05, 0) is 37.5 Å². The lowest BCUT2D eigenvalue weighted by Gasteiger charge is -2.18. The summed E-state index contributed by atoms with van der Waals surface area (Å²) < 4.78 is 1.04. The lowest BCUT2D eigenvalue weighted by molar-refractivity contribution is 0.456. The molecule has 84 valence electrons. The second-order valence-corrected chi connectivity index (χ2v) is 4.75. The first-order valence-corrected chi connectivity index (χ1v) is 6.02. The molecular formula is C12H18BrNO. The maximum Gasteiger partial charge on any atom is 0.120 e. The molecule has 0 amide bonds. The van der Waals surface area contributed by atoms with Gasteiger partial charge < -0.3 is 10.8 Å². The molecule has 1 atom stereocenters. The van der Waals surface area contributed by atoms with Gasteiger partial charge in [-0.25, -0.2) is 0 Å². The van der Waals surface area contributed by atoms with Crippen molar-refractivity contribution in [1.82, 2.24) is 0 Å². The zero-order valence-corrected chi connectivity index (χ0v) is 11.1. The molecule has 0 spiro atoms. The molecule has 1 rings (SSSR count). The van der Waals surface area contributed by atoms with Gasteiger partial charge in [-0.15, -0.1) is 0 Å². The standard InChI is InChI=1S/C12H18BrNO/c1-4-5-9(14)11-8(3)12(13)7(2)6-10(11)15/h6,9,15H,4-5,14H2,1-3H3/t9-/m0/s1. The summed E-state index contributed by atoms with van der Waals surface area (Å²) in [5.41, 5.74) is 9.00. The fourth-order valence-corrected chi connectivity index (χ4v) is 2.20. The van der Waals surface area contributed by atoms with E-state index in [9.17, 15) is 5.11 Å². The SMILES string of the molecule is CCC[C@H](N)c1c(O)cc(C)c(Br)c1C. The minimum absolute atomic E-state index is 0.0769. The van der Waals surface area contributed by atoms with E-state index >= 15 is 0 Å². The molecule has 0 saturated heterocycles. The molecule has 2 nitrogen and oxygen atoms in total. The fourth-order valence-electron chi connectivity index (χ4n) is 1.88. The van der Waals surface area contributed by atoms with Crippen LogP contribution in [0.2, 0.25) is 0 Å². The van der Waals surface area contributed by atoms with Gasteiger partial charge in [-0.2, -0.15) is 0 Å². The third kappa shape index (κ3) is 2.52. The predicted octanol–water partition coefficient (Wildman–Crippen LogP) is 3.57. The molecule has 3 N–H and O–H groups in total. The number of aromatic hydroxyl groups is 1. The average molecular weight is 272 g/mol. The number of nitrogens with two attached hydrogens (primary N) is 1. The second-order valence-electron chi connectivity index (χ2n) is 3.96. The van der Waals surface area contributed by atoms with Crippen molar-refractivity contribution in [3.05, 3.63) is 27.2 Å². The van der Waals surface area contributed by atoms with Crippen molar-refractivity contribution in [1.29, 1.82) is 0 Å². The van der Waals surface area contributed by atoms with Gasteiger partial charge in [-0.1, -0.05) is 29.3 Å². The number of rotatable bonds is 3. The highest BCUT2D eigenvalue weighted by Gasteiger charge is 2.16. The molecule has 0 unspecified atom stereocenters. The Bertz CT molecular complexity index is 363. The number of aryl methyl sites for hydroxylation is 1. The molecule has 3 heteroatoms. The Balaban J connectivity index is 3.23. The van der Waals surface area contributed by atoms with E-state index in [2.05, 4.69) is 22.9 Å². The number of hydrogen-bond donors (Lipinski definition) is 2. The summed E-state index contributed by atoms with van der Waals surface area (Å²) in [6.07, 6.45) is 1.91. The highest BCUT2D eigenvalue weighted by molar-refractivity contribution is 9.10. The van der Waals surface area contributed by atoms with Crippen LogP contribution in [0.1, 0.15) is 42.5 Å². The van der Waals surface area contributed by atoms with E-state index in [1.807, 2.05) is 13.8 Å². The number of benzene rings is 1. The molecule has 15 heavy (non-hydrogen) atoms. The first-order chi connectivity index (χ1) is 6.99. The minimum Gasteiger partial charge on any atom is -0.508 e. The van der Waals surface area contributed by atoms with Gasteiger partial charge in [0.15, 0.2) is 0 Å². The fraction of sp³-hybridized carbons (Fsp3) is 0.500. The number of halogens is 1. The summed E-state index contributed by atoms with van der Waals surface area (Å²) in [6, 6.07) is 1.69. The highest BCUT2D eigenvalue weighted by atomic mass is 79.9. The molecule has 0 saturated carbocycles. The van der Waals surface area contributed by atoms with Crippen LogP contribution in [0.5, 0.6) is 5.75 Å². The van der Waals surface area contributed by atoms with Gasteiger partial charge in [0.05, 0.1) is 0 Å². The Kier molecular flexibility index (Phi) is 4.17. The summed E-state index contributed by atoms with van der Waals surface area (Å²) in [5, 5.41) is 9.89. The lowest BCUT2D eigenvalue weighted by atomic mass is 9.96. The topological polar surface area (TPSA) is 46.2 Å². The van der Waals surface area contributed by atoms with Crippen LogP contribution < -0.4 is 5.73 Å². The smallest absolute Gasteiger partial charge is 0.120 e. The summed E-state index contributed by atoms with van der Waals surface area (Å²) in [7, 11) is 0. The van der Waals surface area contributed by atoms with Crippen LogP contribution in [0.4, 0.5) is 0 Å². The number of phenolic OH excluding ortho intramolecular Hbond substituents is 1. The lowest BCUT2D eigenvalue weighted by Crippen LogP contribution is -2.12. The second kappa shape index (κ2) is 4.99. The van der Waals surface area contributed by atoms with Crippen molar-refractivity contribution >= 4 is 15.9 Å². The van der Waals surface area contributed by atoms with E-state index in [0.29, 0.717) is 5.75 Å². The van der Waals surface area contributed by atoms with Crippen molar-refractivity contribution in [3.63, 3.8) is 0 Å². The van der Waals surface area contributed by atoms with Crippen LogP contribution >= 0.6 is 15.9 Å². The van der Waals surface area contributed by atoms with E-state index in [4.69, 9.17) is 5.73 Å². The van der Waals surface area contributed by atoms with Crippen molar-refractivity contribution in [3.8, 4) is 5.75 Å². The summed E-state index contributed by atoms with van der Waals surface area (Å²) >= 11 is 3.52. The number of phenols is 1. The average Bonchev–Trinajstić information content (AvgIpc) is 2.15. The van der Waals surface area contributed by atoms with Gasteiger partial charge in [-0.3, -0.25) is 0 Å². The highest BCUT2D eigenvalue weighted by Crippen LogP contribution is 2.35. The Hall–Kier alpha value is -0.540. The van der Waals surface area contributed by atoms with Gasteiger partial charge in [0, 0.05) is 16.1 Å². The van der Waals surface area contributed by atoms with Crippen LogP contribution in [-0.4, -0.2) is 5.11 Å². The first kappa shape index (κ1) is 12.5. The van der Waals surface area contributed by atoms with Gasteiger partial charge in [0.1, 0.15) is 5.75 Å². The van der Waals surface area contributed by atoms with Gasteiger partial charge in [0.25, 0.3) is 0 Å². The van der Waals surface area contributed by atoms with Crippen molar-refractivity contribution < 1.29 is 5.11 Å². The Morgan fingerprint density at radius 2 is 2.07 bits per heavy atom. The van der Waals surface area contributed by atoms with Crippen LogP contribution in [0.3, 0.4) is 0 Å². The van der Waals surface area contributed by atoms with E-state index in [0.717, 1.165) is 34.0 Å². The third-order valence-corrected chi connectivity index (χ3v) is 3.90. The van der Waals surface area contributed by atoms with E-state index in [1.165, 1.54) is 0 Å². The summed E-state index contributed by atoms with van der Waals surface area (Å²) in [4.78, 5) is 0. The molecule has 0 aliphatic rings. The third-order valence-electron chi connectivity index (χ3n) is 2.68. The molecule has 0 radical (unpaired) electrons. The van der Waals surface area contributed by atoms with Gasteiger partial charge in [0.2, 0.25) is 0 Å². The molecule has 1 aromatic carbocycles. The molecule has 0 fully saturated rings. The maximum atomic E-state index is 9.89. The van der Waals surface area contributed by atoms with E-state index in [1.54, 1.807) is 6.07 Å². The minimum atomic E-state index is -0.0769. The summed E-state index contributed by atoms with van der Waals surface area (Å²) in [6.45, 7) is 6.04. The first-order valence-electron chi connectivity index (χ1n) is 5.23.